The molecule has 0 saturated carbocycles. The van der Waals surface area contributed by atoms with Crippen molar-refractivity contribution in [1.82, 2.24) is 4.90 Å². The average molecular weight is 414 g/mol. The predicted octanol–water partition coefficient (Wildman–Crippen LogP) is 5.30. The van der Waals surface area contributed by atoms with E-state index in [9.17, 15) is 14.7 Å². The number of Topliss-reactive ketones (excluding diaryl/α,β-unsaturated/α-hetero) is 1. The number of nitrogens with zero attached hydrogens (tertiary/aromatic N) is 1. The smallest absolute Gasteiger partial charge is 0.290 e. The molecule has 1 atom stereocenters. The first-order valence-electron chi connectivity index (χ1n) is 10.0. The highest BCUT2D eigenvalue weighted by Gasteiger charge is 2.43. The number of carbonyl (C=O) groups excluding carboxylic acids is 2. The Labute approximate surface area is 175 Å². The molecule has 0 spiro atoms. The van der Waals surface area contributed by atoms with Crippen molar-refractivity contribution in [2.24, 2.45) is 0 Å². The maximum absolute atomic E-state index is 13.1. The van der Waals surface area contributed by atoms with Crippen molar-refractivity contribution in [1.29, 1.82) is 0 Å². The Kier molecular flexibility index (Phi) is 6.75. The van der Waals surface area contributed by atoms with Gasteiger partial charge in [0.15, 0.2) is 5.76 Å². The zero-order chi connectivity index (χ0) is 21.0. The van der Waals surface area contributed by atoms with Crippen LogP contribution in [0.2, 0.25) is 0 Å². The molecule has 3 rings (SSSR count). The molecule has 0 radical (unpaired) electrons. The fourth-order valence-electron chi connectivity index (χ4n) is 3.54. The van der Waals surface area contributed by atoms with Crippen LogP contribution in [0.15, 0.2) is 53.1 Å². The standard InChI is InChI=1S/C23H27NO4S/c1-4-5-6-13-24-20(16-9-11-17(12-10-16)28-15(2)3)19(22(26)23(24)27)21(25)18-8-7-14-29-18/h7-12,14-15,20,26H,4-6,13H2,1-3H3. The highest BCUT2D eigenvalue weighted by Crippen LogP contribution is 2.40. The van der Waals surface area contributed by atoms with Crippen LogP contribution in [-0.4, -0.2) is 34.3 Å². The summed E-state index contributed by atoms with van der Waals surface area (Å²) in [4.78, 5) is 28.1. The summed E-state index contributed by atoms with van der Waals surface area (Å²) in [6.07, 6.45) is 2.88. The van der Waals surface area contributed by atoms with E-state index in [1.165, 1.54) is 11.3 Å². The lowest BCUT2D eigenvalue weighted by Crippen LogP contribution is -2.32. The second kappa shape index (κ2) is 9.27. The summed E-state index contributed by atoms with van der Waals surface area (Å²) in [5.74, 6) is -0.484. The summed E-state index contributed by atoms with van der Waals surface area (Å²) in [6.45, 7) is 6.50. The SMILES string of the molecule is CCCCCN1C(=O)C(O)=C(C(=O)c2cccs2)C1c1ccc(OC(C)C)cc1. The number of aliphatic hydroxyl groups excluding tert-OH is 1. The van der Waals surface area contributed by atoms with Crippen LogP contribution < -0.4 is 4.74 Å². The van der Waals surface area contributed by atoms with Gasteiger partial charge < -0.3 is 14.7 Å². The Hall–Kier alpha value is -2.60. The third-order valence-corrected chi connectivity index (χ3v) is 5.73. The van der Waals surface area contributed by atoms with Crippen molar-refractivity contribution in [2.45, 2.75) is 52.2 Å². The van der Waals surface area contributed by atoms with Gasteiger partial charge in [-0.05, 0) is 49.4 Å². The van der Waals surface area contributed by atoms with Gasteiger partial charge in [-0.25, -0.2) is 0 Å². The number of aliphatic hydroxyl groups is 1. The van der Waals surface area contributed by atoms with Crippen LogP contribution in [-0.2, 0) is 4.79 Å². The summed E-state index contributed by atoms with van der Waals surface area (Å²) in [5.41, 5.74) is 0.946. The van der Waals surface area contributed by atoms with Gasteiger partial charge in [0.05, 0.1) is 22.6 Å². The van der Waals surface area contributed by atoms with Gasteiger partial charge in [0.1, 0.15) is 5.75 Å². The van der Waals surface area contributed by atoms with E-state index in [0.29, 0.717) is 11.4 Å². The first-order chi connectivity index (χ1) is 13.9. The summed E-state index contributed by atoms with van der Waals surface area (Å²) in [7, 11) is 0. The fraction of sp³-hybridized carbons (Fsp3) is 0.391. The highest BCUT2D eigenvalue weighted by molar-refractivity contribution is 7.12. The average Bonchev–Trinajstić information content (AvgIpc) is 3.31. The van der Waals surface area contributed by atoms with Gasteiger partial charge >= 0.3 is 0 Å². The van der Waals surface area contributed by atoms with Gasteiger partial charge in [-0.1, -0.05) is 38.0 Å². The van der Waals surface area contributed by atoms with Crippen molar-refractivity contribution in [3.8, 4) is 5.75 Å². The zero-order valence-electron chi connectivity index (χ0n) is 17.1. The Balaban J connectivity index is 1.98. The molecular weight excluding hydrogens is 386 g/mol. The van der Waals surface area contributed by atoms with Crippen molar-refractivity contribution < 1.29 is 19.4 Å². The van der Waals surface area contributed by atoms with E-state index >= 15 is 0 Å². The molecule has 0 bridgehead atoms. The van der Waals surface area contributed by atoms with E-state index in [2.05, 4.69) is 6.92 Å². The monoisotopic (exact) mass is 413 g/mol. The van der Waals surface area contributed by atoms with Gasteiger partial charge in [0, 0.05) is 6.54 Å². The van der Waals surface area contributed by atoms with Gasteiger partial charge in [0.25, 0.3) is 5.91 Å². The lowest BCUT2D eigenvalue weighted by atomic mass is 9.95. The molecule has 154 valence electrons. The molecule has 5 nitrogen and oxygen atoms in total. The van der Waals surface area contributed by atoms with Crippen LogP contribution in [0.25, 0.3) is 0 Å². The second-order valence-corrected chi connectivity index (χ2v) is 8.36. The fourth-order valence-corrected chi connectivity index (χ4v) is 4.21. The minimum Gasteiger partial charge on any atom is -0.503 e. The molecule has 0 saturated heterocycles. The second-order valence-electron chi connectivity index (χ2n) is 7.41. The number of ketones is 1. The molecular formula is C23H27NO4S. The molecule has 0 fully saturated rings. The molecule has 1 amide bonds. The summed E-state index contributed by atoms with van der Waals surface area (Å²) >= 11 is 1.31. The number of rotatable bonds is 9. The molecule has 1 aromatic heterocycles. The highest BCUT2D eigenvalue weighted by atomic mass is 32.1. The van der Waals surface area contributed by atoms with E-state index in [4.69, 9.17) is 4.74 Å². The molecule has 1 N–H and O–H groups in total. The molecule has 2 heterocycles. The Bertz CT molecular complexity index is 884. The van der Waals surface area contributed by atoms with Crippen LogP contribution >= 0.6 is 11.3 Å². The first kappa shape index (κ1) is 21.1. The number of amides is 1. The normalized spacial score (nSPS) is 16.8. The lowest BCUT2D eigenvalue weighted by molar-refractivity contribution is -0.129. The molecule has 1 aliphatic rings. The van der Waals surface area contributed by atoms with Crippen molar-refractivity contribution in [3.63, 3.8) is 0 Å². The van der Waals surface area contributed by atoms with Gasteiger partial charge in [-0.15, -0.1) is 11.3 Å². The Morgan fingerprint density at radius 1 is 1.21 bits per heavy atom. The molecule has 2 aromatic rings. The Morgan fingerprint density at radius 2 is 1.93 bits per heavy atom. The number of hydrogen-bond acceptors (Lipinski definition) is 5. The predicted molar refractivity (Wildman–Crippen MR) is 114 cm³/mol. The molecule has 1 aromatic carbocycles. The van der Waals surface area contributed by atoms with Crippen molar-refractivity contribution in [3.05, 3.63) is 63.6 Å². The van der Waals surface area contributed by atoms with E-state index in [0.717, 1.165) is 30.6 Å². The number of thiophene rings is 1. The number of unbranched alkanes of at least 4 members (excludes halogenated alkanes) is 2. The summed E-state index contributed by atoms with van der Waals surface area (Å²) in [6, 6.07) is 10.3. The number of hydrogen-bond donors (Lipinski definition) is 1. The Morgan fingerprint density at radius 3 is 2.52 bits per heavy atom. The molecule has 1 aliphatic heterocycles. The molecule has 6 heteroatoms. The van der Waals surface area contributed by atoms with Gasteiger partial charge in [0.2, 0.25) is 5.78 Å². The maximum Gasteiger partial charge on any atom is 0.290 e. The van der Waals surface area contributed by atoms with E-state index in [-0.39, 0.29) is 17.5 Å². The summed E-state index contributed by atoms with van der Waals surface area (Å²) < 4.78 is 5.71. The number of benzene rings is 1. The minimum atomic E-state index is -0.595. The maximum atomic E-state index is 13.1. The van der Waals surface area contributed by atoms with Gasteiger partial charge in [-0.3, -0.25) is 9.59 Å². The summed E-state index contributed by atoms with van der Waals surface area (Å²) in [5, 5.41) is 12.4. The van der Waals surface area contributed by atoms with Crippen LogP contribution in [0.5, 0.6) is 5.75 Å². The zero-order valence-corrected chi connectivity index (χ0v) is 17.9. The first-order valence-corrected chi connectivity index (χ1v) is 10.9. The molecule has 0 aliphatic carbocycles. The molecule has 1 unspecified atom stereocenters. The topological polar surface area (TPSA) is 66.8 Å². The van der Waals surface area contributed by atoms with Crippen molar-refractivity contribution in [2.75, 3.05) is 6.54 Å². The van der Waals surface area contributed by atoms with E-state index in [1.807, 2.05) is 43.5 Å². The van der Waals surface area contributed by atoms with E-state index in [1.54, 1.807) is 17.0 Å². The van der Waals surface area contributed by atoms with Crippen LogP contribution in [0, 0.1) is 0 Å². The van der Waals surface area contributed by atoms with E-state index < -0.39 is 17.7 Å². The van der Waals surface area contributed by atoms with Crippen LogP contribution in [0.4, 0.5) is 0 Å². The largest absolute Gasteiger partial charge is 0.503 e. The number of ether oxygens (including phenoxy) is 1. The minimum absolute atomic E-state index is 0.0550. The van der Waals surface area contributed by atoms with Crippen LogP contribution in [0.3, 0.4) is 0 Å². The quantitative estimate of drug-likeness (QED) is 0.447. The van der Waals surface area contributed by atoms with Gasteiger partial charge in [-0.2, -0.15) is 0 Å². The van der Waals surface area contributed by atoms with Crippen molar-refractivity contribution >= 4 is 23.0 Å². The third-order valence-electron chi connectivity index (χ3n) is 4.86. The third kappa shape index (κ3) is 4.53. The molecule has 29 heavy (non-hydrogen) atoms. The lowest BCUT2D eigenvalue weighted by Gasteiger charge is -2.27. The van der Waals surface area contributed by atoms with Crippen LogP contribution in [0.1, 0.15) is 61.3 Å². The number of carbonyl (C=O) groups is 2.